The Morgan fingerprint density at radius 2 is 1.44 bits per heavy atom. The molecule has 18 heavy (non-hydrogen) atoms. The molecular formula is C16H18O2. The molecule has 0 unspecified atom stereocenters. The lowest BCUT2D eigenvalue weighted by molar-refractivity contribution is 0.470. The first-order valence-corrected chi connectivity index (χ1v) is 6.05. The Bertz CT molecular complexity index is 586. The quantitative estimate of drug-likeness (QED) is 0.844. The van der Waals surface area contributed by atoms with Gasteiger partial charge in [-0.15, -0.1) is 0 Å². The zero-order valence-corrected chi connectivity index (χ0v) is 11.0. The summed E-state index contributed by atoms with van der Waals surface area (Å²) in [6.45, 7) is 5.80. The molecule has 94 valence electrons. The Labute approximate surface area is 108 Å². The van der Waals surface area contributed by atoms with Crippen molar-refractivity contribution in [2.75, 3.05) is 0 Å². The van der Waals surface area contributed by atoms with Crippen LogP contribution in [0.5, 0.6) is 11.5 Å². The van der Waals surface area contributed by atoms with Crippen molar-refractivity contribution in [2.24, 2.45) is 0 Å². The van der Waals surface area contributed by atoms with Crippen LogP contribution in [-0.4, -0.2) is 10.2 Å². The van der Waals surface area contributed by atoms with Crippen molar-refractivity contribution in [3.05, 3.63) is 58.1 Å². The molecule has 2 aromatic rings. The summed E-state index contributed by atoms with van der Waals surface area (Å²) in [5, 5.41) is 19.1. The fraction of sp³-hybridized carbons (Fsp3) is 0.250. The Balaban J connectivity index is 2.34. The monoisotopic (exact) mass is 242 g/mol. The largest absolute Gasteiger partial charge is 0.508 e. The van der Waals surface area contributed by atoms with Crippen LogP contribution in [0, 0.1) is 20.8 Å². The van der Waals surface area contributed by atoms with Crippen molar-refractivity contribution >= 4 is 0 Å². The summed E-state index contributed by atoms with van der Waals surface area (Å²) in [7, 11) is 0. The molecule has 0 bridgehead atoms. The van der Waals surface area contributed by atoms with Crippen molar-refractivity contribution in [1.29, 1.82) is 0 Å². The number of hydrogen-bond donors (Lipinski definition) is 2. The molecule has 0 fully saturated rings. The summed E-state index contributed by atoms with van der Waals surface area (Å²) in [4.78, 5) is 0. The molecule has 2 nitrogen and oxygen atoms in total. The number of rotatable bonds is 2. The third-order valence-corrected chi connectivity index (χ3v) is 3.31. The van der Waals surface area contributed by atoms with Gasteiger partial charge in [-0.3, -0.25) is 0 Å². The van der Waals surface area contributed by atoms with Gasteiger partial charge in [0, 0.05) is 0 Å². The SMILES string of the molecule is Cc1cc(Cc2cc(C)c(O)cc2C)ccc1O. The molecule has 0 radical (unpaired) electrons. The van der Waals surface area contributed by atoms with Crippen LogP contribution in [0.3, 0.4) is 0 Å². The topological polar surface area (TPSA) is 40.5 Å². The number of aromatic hydroxyl groups is 2. The minimum atomic E-state index is 0.331. The minimum Gasteiger partial charge on any atom is -0.508 e. The molecule has 0 saturated carbocycles. The van der Waals surface area contributed by atoms with E-state index >= 15 is 0 Å². The molecule has 2 heteroatoms. The van der Waals surface area contributed by atoms with Crippen LogP contribution < -0.4 is 0 Å². The Hall–Kier alpha value is -1.96. The van der Waals surface area contributed by atoms with Gasteiger partial charge >= 0.3 is 0 Å². The van der Waals surface area contributed by atoms with Gasteiger partial charge in [-0.25, -0.2) is 0 Å². The Kier molecular flexibility index (Phi) is 3.28. The molecule has 0 aliphatic heterocycles. The zero-order valence-electron chi connectivity index (χ0n) is 11.0. The van der Waals surface area contributed by atoms with Gasteiger partial charge in [0.1, 0.15) is 11.5 Å². The van der Waals surface area contributed by atoms with Gasteiger partial charge in [0.05, 0.1) is 0 Å². The first-order chi connectivity index (χ1) is 8.47. The molecule has 0 aliphatic carbocycles. The normalized spacial score (nSPS) is 10.6. The minimum absolute atomic E-state index is 0.331. The predicted molar refractivity (Wildman–Crippen MR) is 73.2 cm³/mol. The molecule has 2 aromatic carbocycles. The van der Waals surface area contributed by atoms with Crippen LogP contribution in [-0.2, 0) is 6.42 Å². The van der Waals surface area contributed by atoms with E-state index in [0.29, 0.717) is 11.5 Å². The lowest BCUT2D eigenvalue weighted by Crippen LogP contribution is -1.94. The van der Waals surface area contributed by atoms with E-state index in [-0.39, 0.29) is 0 Å². The standard InChI is InChI=1S/C16H18O2/c1-10-8-16(18)12(3)7-14(10)9-13-4-5-15(17)11(2)6-13/h4-8,17-18H,9H2,1-3H3. The van der Waals surface area contributed by atoms with Gasteiger partial charge in [0.15, 0.2) is 0 Å². The average molecular weight is 242 g/mol. The second kappa shape index (κ2) is 4.73. The van der Waals surface area contributed by atoms with Crippen molar-refractivity contribution in [1.82, 2.24) is 0 Å². The fourth-order valence-electron chi connectivity index (χ4n) is 2.10. The fourth-order valence-corrected chi connectivity index (χ4v) is 2.10. The average Bonchev–Trinajstić information content (AvgIpc) is 2.31. The molecule has 2 rings (SSSR count). The summed E-state index contributed by atoms with van der Waals surface area (Å²) in [6, 6.07) is 9.49. The van der Waals surface area contributed by atoms with Crippen molar-refractivity contribution in [2.45, 2.75) is 27.2 Å². The summed E-state index contributed by atoms with van der Waals surface area (Å²) in [5.41, 5.74) is 5.24. The summed E-state index contributed by atoms with van der Waals surface area (Å²) in [5.74, 6) is 0.676. The molecule has 0 heterocycles. The summed E-state index contributed by atoms with van der Waals surface area (Å²) < 4.78 is 0. The van der Waals surface area contributed by atoms with Crippen molar-refractivity contribution in [3.63, 3.8) is 0 Å². The number of phenolic OH excluding ortho intramolecular Hbond substituents is 2. The van der Waals surface area contributed by atoms with Gasteiger partial charge in [-0.05, 0) is 67.1 Å². The second-order valence-electron chi connectivity index (χ2n) is 4.86. The first-order valence-electron chi connectivity index (χ1n) is 6.05. The van der Waals surface area contributed by atoms with Crippen molar-refractivity contribution < 1.29 is 10.2 Å². The third-order valence-electron chi connectivity index (χ3n) is 3.31. The number of phenols is 2. The summed E-state index contributed by atoms with van der Waals surface area (Å²) >= 11 is 0. The maximum Gasteiger partial charge on any atom is 0.118 e. The van der Waals surface area contributed by atoms with Gasteiger partial charge < -0.3 is 10.2 Å². The highest BCUT2D eigenvalue weighted by Crippen LogP contribution is 2.25. The van der Waals surface area contributed by atoms with Gasteiger partial charge in [-0.1, -0.05) is 18.2 Å². The number of aryl methyl sites for hydroxylation is 3. The molecule has 0 spiro atoms. The molecule has 0 atom stereocenters. The smallest absolute Gasteiger partial charge is 0.118 e. The zero-order chi connectivity index (χ0) is 13.3. The van der Waals surface area contributed by atoms with Crippen LogP contribution in [0.2, 0.25) is 0 Å². The van der Waals surface area contributed by atoms with Crippen LogP contribution in [0.1, 0.15) is 27.8 Å². The van der Waals surface area contributed by atoms with E-state index in [4.69, 9.17) is 0 Å². The van der Waals surface area contributed by atoms with E-state index in [1.165, 1.54) is 11.1 Å². The molecule has 0 saturated heterocycles. The number of benzene rings is 2. The van der Waals surface area contributed by atoms with E-state index in [0.717, 1.165) is 23.1 Å². The summed E-state index contributed by atoms with van der Waals surface area (Å²) in [6.07, 6.45) is 0.814. The number of hydrogen-bond acceptors (Lipinski definition) is 2. The van der Waals surface area contributed by atoms with Crippen LogP contribution in [0.4, 0.5) is 0 Å². The molecule has 0 aromatic heterocycles. The van der Waals surface area contributed by atoms with Gasteiger partial charge in [-0.2, -0.15) is 0 Å². The lowest BCUT2D eigenvalue weighted by atomic mass is 9.97. The highest BCUT2D eigenvalue weighted by atomic mass is 16.3. The van der Waals surface area contributed by atoms with Crippen LogP contribution in [0.15, 0.2) is 30.3 Å². The first kappa shape index (κ1) is 12.5. The highest BCUT2D eigenvalue weighted by Gasteiger charge is 2.05. The van der Waals surface area contributed by atoms with E-state index < -0.39 is 0 Å². The third kappa shape index (κ3) is 2.48. The van der Waals surface area contributed by atoms with E-state index in [1.807, 2.05) is 39.0 Å². The van der Waals surface area contributed by atoms with E-state index in [1.54, 1.807) is 12.1 Å². The van der Waals surface area contributed by atoms with Crippen LogP contribution in [0.25, 0.3) is 0 Å². The van der Waals surface area contributed by atoms with Crippen molar-refractivity contribution in [3.8, 4) is 11.5 Å². The maximum atomic E-state index is 9.64. The van der Waals surface area contributed by atoms with E-state index in [9.17, 15) is 10.2 Å². The van der Waals surface area contributed by atoms with Gasteiger partial charge in [0.25, 0.3) is 0 Å². The van der Waals surface area contributed by atoms with E-state index in [2.05, 4.69) is 0 Å². The lowest BCUT2D eigenvalue weighted by Gasteiger charge is -2.10. The predicted octanol–water partition coefficient (Wildman–Crippen LogP) is 3.61. The second-order valence-corrected chi connectivity index (χ2v) is 4.86. The molecule has 0 aliphatic rings. The highest BCUT2D eigenvalue weighted by molar-refractivity contribution is 5.44. The van der Waals surface area contributed by atoms with Gasteiger partial charge in [0.2, 0.25) is 0 Å². The molecular weight excluding hydrogens is 224 g/mol. The Morgan fingerprint density at radius 1 is 0.778 bits per heavy atom. The Morgan fingerprint density at radius 3 is 2.11 bits per heavy atom. The molecule has 0 amide bonds. The van der Waals surface area contributed by atoms with Crippen LogP contribution >= 0.6 is 0 Å². The maximum absolute atomic E-state index is 9.64. The molecule has 2 N–H and O–H groups in total.